The molecule has 27 heavy (non-hydrogen) atoms. The zero-order chi connectivity index (χ0) is 19.6. The van der Waals surface area contributed by atoms with Crippen molar-refractivity contribution in [2.75, 3.05) is 46.8 Å². The standard InChI is InChI=1S/C19H34N6OS/c1-5-16-13-21-17(27-16)9-10-20-19(23-14-18(26)24(3)4)22-12-15-8-7-11-25(15)6-2/h13,15H,5-12,14H2,1-4H3,(H2,20,22,23). The summed E-state index contributed by atoms with van der Waals surface area (Å²) in [6.45, 7) is 8.37. The van der Waals surface area contributed by atoms with Gasteiger partial charge in [-0.2, -0.15) is 0 Å². The number of likely N-dealkylation sites (tertiary alicyclic amines) is 1. The van der Waals surface area contributed by atoms with Crippen molar-refractivity contribution in [3.8, 4) is 0 Å². The summed E-state index contributed by atoms with van der Waals surface area (Å²) in [6.07, 6.45) is 6.31. The molecule has 1 amide bonds. The van der Waals surface area contributed by atoms with Crippen molar-refractivity contribution in [1.29, 1.82) is 0 Å². The van der Waals surface area contributed by atoms with Crippen LogP contribution in [0, 0.1) is 0 Å². The average molecular weight is 395 g/mol. The minimum absolute atomic E-state index is 0.000313. The summed E-state index contributed by atoms with van der Waals surface area (Å²) >= 11 is 1.76. The summed E-state index contributed by atoms with van der Waals surface area (Å²) in [7, 11) is 3.51. The van der Waals surface area contributed by atoms with Gasteiger partial charge in [-0.05, 0) is 32.4 Å². The Morgan fingerprint density at radius 2 is 2.22 bits per heavy atom. The van der Waals surface area contributed by atoms with E-state index in [-0.39, 0.29) is 12.5 Å². The smallest absolute Gasteiger partial charge is 0.243 e. The number of guanidine groups is 1. The molecule has 0 saturated carbocycles. The van der Waals surface area contributed by atoms with Crippen LogP contribution in [-0.2, 0) is 17.6 Å². The van der Waals surface area contributed by atoms with Crippen LogP contribution in [0.3, 0.4) is 0 Å². The van der Waals surface area contributed by atoms with Gasteiger partial charge < -0.3 is 15.5 Å². The number of carbonyl (C=O) groups excluding carboxylic acids is 1. The second kappa shape index (κ2) is 11.2. The number of aryl methyl sites for hydroxylation is 1. The van der Waals surface area contributed by atoms with Crippen LogP contribution in [0.4, 0.5) is 0 Å². The summed E-state index contributed by atoms with van der Waals surface area (Å²) in [5, 5.41) is 7.93. The van der Waals surface area contributed by atoms with E-state index >= 15 is 0 Å². The highest BCUT2D eigenvalue weighted by molar-refractivity contribution is 7.11. The van der Waals surface area contributed by atoms with Crippen molar-refractivity contribution in [2.45, 2.75) is 45.6 Å². The number of thiazole rings is 1. The topological polar surface area (TPSA) is 72.9 Å². The van der Waals surface area contributed by atoms with E-state index in [2.05, 4.69) is 39.4 Å². The molecular formula is C19H34N6OS. The van der Waals surface area contributed by atoms with Crippen molar-refractivity contribution >= 4 is 23.2 Å². The lowest BCUT2D eigenvalue weighted by molar-refractivity contribution is -0.127. The molecule has 8 heteroatoms. The quantitative estimate of drug-likeness (QED) is 0.489. The first-order chi connectivity index (χ1) is 13.0. The van der Waals surface area contributed by atoms with Crippen LogP contribution >= 0.6 is 11.3 Å². The number of hydrogen-bond acceptors (Lipinski definition) is 5. The molecule has 0 radical (unpaired) electrons. The molecule has 0 aromatic carbocycles. The van der Waals surface area contributed by atoms with Gasteiger partial charge >= 0.3 is 0 Å². The van der Waals surface area contributed by atoms with Crippen LogP contribution in [0.15, 0.2) is 11.2 Å². The van der Waals surface area contributed by atoms with Crippen LogP contribution in [0.25, 0.3) is 0 Å². The maximum atomic E-state index is 11.9. The molecular weight excluding hydrogens is 360 g/mol. The number of hydrogen-bond donors (Lipinski definition) is 2. The van der Waals surface area contributed by atoms with E-state index in [9.17, 15) is 4.79 Å². The molecule has 1 atom stereocenters. The number of nitrogens with zero attached hydrogens (tertiary/aromatic N) is 4. The summed E-state index contributed by atoms with van der Waals surface area (Å²) in [5.74, 6) is 0.708. The van der Waals surface area contributed by atoms with Gasteiger partial charge in [-0.3, -0.25) is 9.69 Å². The average Bonchev–Trinajstić information content (AvgIpc) is 3.31. The second-order valence-electron chi connectivity index (χ2n) is 7.01. The first-order valence-electron chi connectivity index (χ1n) is 9.93. The third kappa shape index (κ3) is 7.10. The predicted octanol–water partition coefficient (Wildman–Crippen LogP) is 1.36. The van der Waals surface area contributed by atoms with Crippen molar-refractivity contribution in [2.24, 2.45) is 4.99 Å². The lowest BCUT2D eigenvalue weighted by Gasteiger charge is -2.24. The van der Waals surface area contributed by atoms with E-state index in [0.29, 0.717) is 12.0 Å². The Bertz CT molecular complexity index is 615. The molecule has 1 aromatic rings. The summed E-state index contributed by atoms with van der Waals surface area (Å²) < 4.78 is 0. The van der Waals surface area contributed by atoms with Gasteiger partial charge in [0.15, 0.2) is 5.96 Å². The van der Waals surface area contributed by atoms with Crippen LogP contribution in [0.1, 0.15) is 36.6 Å². The fraction of sp³-hybridized carbons (Fsp3) is 0.737. The molecule has 1 unspecified atom stereocenters. The number of carbonyl (C=O) groups is 1. The molecule has 0 aliphatic carbocycles. The highest BCUT2D eigenvalue weighted by Crippen LogP contribution is 2.15. The predicted molar refractivity (Wildman–Crippen MR) is 112 cm³/mol. The van der Waals surface area contributed by atoms with Crippen LogP contribution in [0.2, 0.25) is 0 Å². The fourth-order valence-electron chi connectivity index (χ4n) is 3.13. The summed E-state index contributed by atoms with van der Waals surface area (Å²) in [5.41, 5.74) is 0. The van der Waals surface area contributed by atoms with Crippen LogP contribution in [0.5, 0.6) is 0 Å². The molecule has 1 aliphatic heterocycles. The Kier molecular flexibility index (Phi) is 9.00. The molecule has 1 saturated heterocycles. The zero-order valence-corrected chi connectivity index (χ0v) is 17.9. The summed E-state index contributed by atoms with van der Waals surface area (Å²) in [4.78, 5) is 26.2. The monoisotopic (exact) mass is 394 g/mol. The zero-order valence-electron chi connectivity index (χ0n) is 17.1. The van der Waals surface area contributed by atoms with Gasteiger partial charge in [0.05, 0.1) is 5.01 Å². The molecule has 1 fully saturated rings. The molecule has 1 aliphatic rings. The Labute approximate surface area is 167 Å². The van der Waals surface area contributed by atoms with Crippen LogP contribution < -0.4 is 10.6 Å². The number of amides is 1. The third-order valence-corrected chi connectivity index (χ3v) is 6.06. The molecule has 152 valence electrons. The van der Waals surface area contributed by atoms with E-state index in [0.717, 1.165) is 37.5 Å². The minimum Gasteiger partial charge on any atom is -0.356 e. The molecule has 0 spiro atoms. The van der Waals surface area contributed by atoms with Gasteiger partial charge in [-0.25, -0.2) is 9.98 Å². The highest BCUT2D eigenvalue weighted by atomic mass is 32.1. The number of nitrogens with one attached hydrogen (secondary N) is 2. The molecule has 2 rings (SSSR count). The first-order valence-corrected chi connectivity index (χ1v) is 10.7. The fourth-order valence-corrected chi connectivity index (χ4v) is 4.00. The maximum absolute atomic E-state index is 11.9. The first kappa shape index (κ1) is 21.6. The molecule has 2 heterocycles. The molecule has 1 aromatic heterocycles. The SMILES string of the molecule is CCc1cnc(CCNC(=NCC(=O)N(C)C)NCC2CCCN2CC)s1. The Hall–Kier alpha value is -1.67. The second-order valence-corrected chi connectivity index (χ2v) is 8.21. The van der Waals surface area contributed by atoms with Crippen molar-refractivity contribution in [3.05, 3.63) is 16.1 Å². The van der Waals surface area contributed by atoms with Gasteiger partial charge in [0.1, 0.15) is 6.54 Å². The van der Waals surface area contributed by atoms with E-state index in [1.165, 1.54) is 24.3 Å². The van der Waals surface area contributed by atoms with E-state index in [1.54, 1.807) is 30.3 Å². The number of aliphatic imine (C=N–C) groups is 1. The molecule has 7 nitrogen and oxygen atoms in total. The third-order valence-electron chi connectivity index (χ3n) is 4.86. The highest BCUT2D eigenvalue weighted by Gasteiger charge is 2.22. The van der Waals surface area contributed by atoms with Gasteiger partial charge in [-0.15, -0.1) is 11.3 Å². The normalized spacial score (nSPS) is 17.9. The lowest BCUT2D eigenvalue weighted by atomic mass is 10.2. The molecule has 2 N–H and O–H groups in total. The van der Waals surface area contributed by atoms with Crippen molar-refractivity contribution < 1.29 is 4.79 Å². The van der Waals surface area contributed by atoms with Gasteiger partial charge in [0.25, 0.3) is 0 Å². The van der Waals surface area contributed by atoms with E-state index in [4.69, 9.17) is 0 Å². The van der Waals surface area contributed by atoms with E-state index < -0.39 is 0 Å². The van der Waals surface area contributed by atoms with Gasteiger partial charge in [-0.1, -0.05) is 13.8 Å². The Morgan fingerprint density at radius 3 is 2.89 bits per heavy atom. The number of likely N-dealkylation sites (N-methyl/N-ethyl adjacent to an activating group) is 2. The van der Waals surface area contributed by atoms with Crippen molar-refractivity contribution in [3.63, 3.8) is 0 Å². The van der Waals surface area contributed by atoms with Gasteiger partial charge in [0.2, 0.25) is 5.91 Å². The Balaban J connectivity index is 1.87. The lowest BCUT2D eigenvalue weighted by Crippen LogP contribution is -2.45. The minimum atomic E-state index is -0.000313. The van der Waals surface area contributed by atoms with Gasteiger partial charge in [0, 0.05) is 50.7 Å². The van der Waals surface area contributed by atoms with Crippen LogP contribution in [-0.4, -0.2) is 79.5 Å². The number of rotatable bonds is 9. The molecule has 0 bridgehead atoms. The number of aromatic nitrogens is 1. The largest absolute Gasteiger partial charge is 0.356 e. The van der Waals surface area contributed by atoms with Crippen molar-refractivity contribution in [1.82, 2.24) is 25.4 Å². The van der Waals surface area contributed by atoms with E-state index in [1.807, 2.05) is 6.20 Å². The Morgan fingerprint density at radius 1 is 1.41 bits per heavy atom. The summed E-state index contributed by atoms with van der Waals surface area (Å²) in [6, 6.07) is 0.539. The maximum Gasteiger partial charge on any atom is 0.243 e.